The molecule has 3 heterocycles. The number of aryl methyl sites for hydroxylation is 1. The maximum atomic E-state index is 12.1. The van der Waals surface area contributed by atoms with Gasteiger partial charge in [-0.1, -0.05) is 6.07 Å². The SMILES string of the molecule is Cc1cc2c(c3c1NCCC3)OC(CNC(=O)[C@@H]1CCCN1)C2. The minimum atomic E-state index is -0.0158. The Morgan fingerprint density at radius 2 is 2.30 bits per heavy atom. The van der Waals surface area contributed by atoms with Crippen LogP contribution in [-0.4, -0.2) is 37.7 Å². The standard InChI is InChI=1S/C18H25N3O2/c1-11-8-12-9-13(10-21-18(22)15-5-3-6-19-15)23-17(12)14-4-2-7-20-16(11)14/h8,13,15,19-20H,2-7,9-10H2,1H3,(H,21,22)/t13?,15-/m0/s1. The smallest absolute Gasteiger partial charge is 0.237 e. The first-order valence-corrected chi connectivity index (χ1v) is 8.79. The monoisotopic (exact) mass is 315 g/mol. The van der Waals surface area contributed by atoms with Gasteiger partial charge < -0.3 is 20.7 Å². The Balaban J connectivity index is 1.42. The maximum Gasteiger partial charge on any atom is 0.237 e. The molecule has 23 heavy (non-hydrogen) atoms. The van der Waals surface area contributed by atoms with E-state index in [2.05, 4.69) is 28.9 Å². The van der Waals surface area contributed by atoms with E-state index >= 15 is 0 Å². The second-order valence-electron chi connectivity index (χ2n) is 6.90. The summed E-state index contributed by atoms with van der Waals surface area (Å²) in [5, 5.41) is 9.79. The number of amides is 1. The lowest BCUT2D eigenvalue weighted by molar-refractivity contribution is -0.123. The van der Waals surface area contributed by atoms with Crippen LogP contribution in [0.3, 0.4) is 0 Å². The van der Waals surface area contributed by atoms with Crippen LogP contribution < -0.4 is 20.7 Å². The fourth-order valence-corrected chi connectivity index (χ4v) is 4.02. The third-order valence-electron chi connectivity index (χ3n) is 5.17. The highest BCUT2D eigenvalue weighted by Gasteiger charge is 2.30. The molecule has 1 fully saturated rings. The van der Waals surface area contributed by atoms with Crippen molar-refractivity contribution in [2.75, 3.05) is 25.0 Å². The number of carbonyl (C=O) groups excluding carboxylic acids is 1. The second kappa shape index (κ2) is 6.04. The zero-order valence-corrected chi connectivity index (χ0v) is 13.7. The molecule has 3 aliphatic rings. The van der Waals surface area contributed by atoms with Gasteiger partial charge in [-0.15, -0.1) is 0 Å². The van der Waals surface area contributed by atoms with Crippen LogP contribution in [0.25, 0.3) is 0 Å². The van der Waals surface area contributed by atoms with Crippen LogP contribution in [0.2, 0.25) is 0 Å². The molecule has 3 N–H and O–H groups in total. The lowest BCUT2D eigenvalue weighted by Gasteiger charge is -2.23. The van der Waals surface area contributed by atoms with Crippen LogP contribution in [0.4, 0.5) is 5.69 Å². The molecule has 3 aliphatic heterocycles. The normalized spacial score (nSPS) is 25.3. The lowest BCUT2D eigenvalue weighted by atomic mass is 9.95. The number of ether oxygens (including phenoxy) is 1. The van der Waals surface area contributed by atoms with Gasteiger partial charge in [0.2, 0.25) is 5.91 Å². The number of carbonyl (C=O) groups is 1. The van der Waals surface area contributed by atoms with Gasteiger partial charge in [-0.05, 0) is 50.3 Å². The van der Waals surface area contributed by atoms with E-state index in [1.54, 1.807) is 0 Å². The highest BCUT2D eigenvalue weighted by atomic mass is 16.5. The summed E-state index contributed by atoms with van der Waals surface area (Å²) in [7, 11) is 0. The molecule has 0 aliphatic carbocycles. The number of nitrogens with one attached hydrogen (secondary N) is 3. The van der Waals surface area contributed by atoms with Gasteiger partial charge in [-0.3, -0.25) is 4.79 Å². The molecule has 1 unspecified atom stereocenters. The molecule has 1 amide bonds. The van der Waals surface area contributed by atoms with Gasteiger partial charge in [-0.25, -0.2) is 0 Å². The molecule has 0 radical (unpaired) electrons. The summed E-state index contributed by atoms with van der Waals surface area (Å²) in [5.41, 5.74) is 5.19. The Labute approximate surface area is 137 Å². The predicted molar refractivity (Wildman–Crippen MR) is 90.1 cm³/mol. The van der Waals surface area contributed by atoms with Gasteiger partial charge in [0.25, 0.3) is 0 Å². The molecule has 4 rings (SSSR count). The molecule has 1 aromatic carbocycles. The van der Waals surface area contributed by atoms with Gasteiger partial charge in [0.05, 0.1) is 12.6 Å². The van der Waals surface area contributed by atoms with Crippen molar-refractivity contribution in [3.05, 3.63) is 22.8 Å². The number of hydrogen-bond acceptors (Lipinski definition) is 4. The van der Waals surface area contributed by atoms with Gasteiger partial charge in [0, 0.05) is 24.2 Å². The van der Waals surface area contributed by atoms with Gasteiger partial charge in [0.15, 0.2) is 0 Å². The summed E-state index contributed by atoms with van der Waals surface area (Å²) in [6, 6.07) is 2.23. The Hall–Kier alpha value is -1.75. The fraction of sp³-hybridized carbons (Fsp3) is 0.611. The Kier molecular flexibility index (Phi) is 3.89. The van der Waals surface area contributed by atoms with Gasteiger partial charge in [-0.2, -0.15) is 0 Å². The van der Waals surface area contributed by atoms with E-state index in [-0.39, 0.29) is 18.1 Å². The van der Waals surface area contributed by atoms with Crippen molar-refractivity contribution in [1.29, 1.82) is 0 Å². The molecule has 0 saturated carbocycles. The lowest BCUT2D eigenvalue weighted by Crippen LogP contribution is -2.44. The van der Waals surface area contributed by atoms with Crippen LogP contribution in [-0.2, 0) is 17.6 Å². The summed E-state index contributed by atoms with van der Waals surface area (Å²) < 4.78 is 6.20. The zero-order chi connectivity index (χ0) is 15.8. The van der Waals surface area contributed by atoms with E-state index in [1.807, 2.05) is 0 Å². The summed E-state index contributed by atoms with van der Waals surface area (Å²) in [6.07, 6.45) is 5.21. The average Bonchev–Trinajstić information content (AvgIpc) is 3.22. The topological polar surface area (TPSA) is 62.4 Å². The molecule has 0 aromatic heterocycles. The van der Waals surface area contributed by atoms with Crippen molar-refractivity contribution in [1.82, 2.24) is 10.6 Å². The molecular weight excluding hydrogens is 290 g/mol. The molecular formula is C18H25N3O2. The van der Waals surface area contributed by atoms with Crippen molar-refractivity contribution < 1.29 is 9.53 Å². The molecule has 5 heteroatoms. The maximum absolute atomic E-state index is 12.1. The Bertz CT molecular complexity index is 623. The van der Waals surface area contributed by atoms with Crippen LogP contribution in [0.5, 0.6) is 5.75 Å². The first-order chi connectivity index (χ1) is 11.2. The highest BCUT2D eigenvalue weighted by Crippen LogP contribution is 2.41. The Morgan fingerprint density at radius 3 is 3.13 bits per heavy atom. The fourth-order valence-electron chi connectivity index (χ4n) is 4.02. The van der Waals surface area contributed by atoms with Crippen molar-refractivity contribution >= 4 is 11.6 Å². The molecule has 124 valence electrons. The highest BCUT2D eigenvalue weighted by molar-refractivity contribution is 5.82. The van der Waals surface area contributed by atoms with E-state index in [0.29, 0.717) is 6.54 Å². The van der Waals surface area contributed by atoms with E-state index in [4.69, 9.17) is 4.74 Å². The number of rotatable bonds is 3. The van der Waals surface area contributed by atoms with Crippen molar-refractivity contribution in [3.8, 4) is 5.75 Å². The molecule has 5 nitrogen and oxygen atoms in total. The van der Waals surface area contributed by atoms with Crippen LogP contribution in [0.15, 0.2) is 6.07 Å². The summed E-state index contributed by atoms with van der Waals surface area (Å²) in [5.74, 6) is 1.18. The predicted octanol–water partition coefficient (Wildman–Crippen LogP) is 1.52. The summed E-state index contributed by atoms with van der Waals surface area (Å²) in [4.78, 5) is 12.1. The second-order valence-corrected chi connectivity index (χ2v) is 6.90. The third kappa shape index (κ3) is 2.78. The third-order valence-corrected chi connectivity index (χ3v) is 5.17. The summed E-state index contributed by atoms with van der Waals surface area (Å²) >= 11 is 0. The minimum absolute atomic E-state index is 0.0158. The van der Waals surface area contributed by atoms with E-state index in [1.165, 1.54) is 22.4 Å². The van der Waals surface area contributed by atoms with Crippen molar-refractivity contribution in [3.63, 3.8) is 0 Å². The first kappa shape index (κ1) is 14.8. The summed E-state index contributed by atoms with van der Waals surface area (Å²) in [6.45, 7) is 4.74. The number of benzene rings is 1. The van der Waals surface area contributed by atoms with Gasteiger partial charge >= 0.3 is 0 Å². The average molecular weight is 315 g/mol. The number of fused-ring (bicyclic) bond motifs is 3. The van der Waals surface area contributed by atoms with E-state index in [9.17, 15) is 4.79 Å². The molecule has 1 aromatic rings. The quantitative estimate of drug-likeness (QED) is 0.791. The van der Waals surface area contributed by atoms with Crippen LogP contribution in [0.1, 0.15) is 36.0 Å². The molecule has 2 atom stereocenters. The first-order valence-electron chi connectivity index (χ1n) is 8.79. The zero-order valence-electron chi connectivity index (χ0n) is 13.7. The van der Waals surface area contributed by atoms with Crippen LogP contribution in [0, 0.1) is 6.92 Å². The van der Waals surface area contributed by atoms with E-state index < -0.39 is 0 Å². The number of anilines is 1. The largest absolute Gasteiger partial charge is 0.488 e. The van der Waals surface area contributed by atoms with Crippen molar-refractivity contribution in [2.45, 2.75) is 51.2 Å². The number of hydrogen-bond donors (Lipinski definition) is 3. The van der Waals surface area contributed by atoms with E-state index in [0.717, 1.165) is 50.9 Å². The minimum Gasteiger partial charge on any atom is -0.488 e. The van der Waals surface area contributed by atoms with Crippen molar-refractivity contribution in [2.24, 2.45) is 0 Å². The molecule has 0 bridgehead atoms. The molecule has 1 saturated heterocycles. The van der Waals surface area contributed by atoms with Crippen LogP contribution >= 0.6 is 0 Å². The molecule has 0 spiro atoms. The van der Waals surface area contributed by atoms with Gasteiger partial charge in [0.1, 0.15) is 11.9 Å². The Morgan fingerprint density at radius 1 is 1.39 bits per heavy atom.